The van der Waals surface area contributed by atoms with Gasteiger partial charge in [-0.25, -0.2) is 0 Å². The average molecular weight is 278 g/mol. The Morgan fingerprint density at radius 3 is 2.47 bits per heavy atom. The average Bonchev–Trinajstić information content (AvgIpc) is 2.22. The highest BCUT2D eigenvalue weighted by molar-refractivity contribution is 8.76. The van der Waals surface area contributed by atoms with Gasteiger partial charge in [0.2, 0.25) is 11.8 Å². The smallest absolute Gasteiger partial charge is 0.231 e. The zero-order valence-corrected chi connectivity index (χ0v) is 12.4. The second-order valence-corrected chi connectivity index (χ2v) is 6.45. The second kappa shape index (κ2) is 10.8. The quantitative estimate of drug-likeness (QED) is 0.499. The SMILES string of the molecule is CCNC(=O)CCCSSCC(=O)NC(C)C. The molecule has 0 aliphatic heterocycles. The van der Waals surface area contributed by atoms with E-state index in [1.165, 1.54) is 0 Å². The van der Waals surface area contributed by atoms with E-state index < -0.39 is 0 Å². The van der Waals surface area contributed by atoms with Gasteiger partial charge in [0.05, 0.1) is 5.75 Å². The van der Waals surface area contributed by atoms with Gasteiger partial charge in [-0.15, -0.1) is 0 Å². The van der Waals surface area contributed by atoms with Crippen LogP contribution in [0.1, 0.15) is 33.6 Å². The molecule has 0 aromatic rings. The number of carbonyl (C=O) groups is 2. The highest BCUT2D eigenvalue weighted by Gasteiger charge is 2.03. The monoisotopic (exact) mass is 278 g/mol. The van der Waals surface area contributed by atoms with Crippen LogP contribution in [-0.4, -0.2) is 35.9 Å². The third kappa shape index (κ3) is 11.9. The Bertz CT molecular complexity index is 236. The molecule has 0 bridgehead atoms. The molecule has 0 radical (unpaired) electrons. The van der Waals surface area contributed by atoms with Gasteiger partial charge in [0, 0.05) is 24.8 Å². The molecule has 0 unspecified atom stereocenters. The molecule has 4 nitrogen and oxygen atoms in total. The first kappa shape index (κ1) is 16.6. The molecule has 0 fully saturated rings. The molecule has 100 valence electrons. The van der Waals surface area contributed by atoms with Crippen molar-refractivity contribution in [3.63, 3.8) is 0 Å². The van der Waals surface area contributed by atoms with Crippen molar-refractivity contribution in [2.24, 2.45) is 0 Å². The standard InChI is InChI=1S/C11H22N2O2S2/c1-4-12-10(14)6-5-7-16-17-8-11(15)13-9(2)3/h9H,4-8H2,1-3H3,(H,12,14)(H,13,15). The van der Waals surface area contributed by atoms with Crippen LogP contribution in [-0.2, 0) is 9.59 Å². The lowest BCUT2D eigenvalue weighted by molar-refractivity contribution is -0.121. The molecule has 2 N–H and O–H groups in total. The van der Waals surface area contributed by atoms with Gasteiger partial charge in [-0.1, -0.05) is 21.6 Å². The summed E-state index contributed by atoms with van der Waals surface area (Å²) in [6.07, 6.45) is 1.43. The molecule has 6 heteroatoms. The minimum absolute atomic E-state index is 0.0706. The Hall–Kier alpha value is -0.360. The molecule has 0 saturated heterocycles. The van der Waals surface area contributed by atoms with Gasteiger partial charge in [-0.2, -0.15) is 0 Å². The van der Waals surface area contributed by atoms with E-state index in [9.17, 15) is 9.59 Å². The summed E-state index contributed by atoms with van der Waals surface area (Å²) in [6, 6.07) is 0.200. The van der Waals surface area contributed by atoms with Gasteiger partial charge in [-0.3, -0.25) is 9.59 Å². The van der Waals surface area contributed by atoms with Crippen molar-refractivity contribution in [2.75, 3.05) is 18.1 Å². The van der Waals surface area contributed by atoms with Gasteiger partial charge in [-0.05, 0) is 27.2 Å². The van der Waals surface area contributed by atoms with E-state index in [2.05, 4.69) is 10.6 Å². The summed E-state index contributed by atoms with van der Waals surface area (Å²) in [6.45, 7) is 6.50. The van der Waals surface area contributed by atoms with E-state index in [4.69, 9.17) is 0 Å². The van der Waals surface area contributed by atoms with E-state index in [0.29, 0.717) is 18.7 Å². The predicted molar refractivity (Wildman–Crippen MR) is 76.1 cm³/mol. The molecule has 0 rings (SSSR count). The molecule has 0 aliphatic rings. The molecule has 0 aromatic carbocycles. The predicted octanol–water partition coefficient (Wildman–Crippen LogP) is 1.81. The zero-order valence-electron chi connectivity index (χ0n) is 10.7. The van der Waals surface area contributed by atoms with Crippen LogP contribution in [0.15, 0.2) is 0 Å². The number of amides is 2. The third-order valence-electron chi connectivity index (χ3n) is 1.73. The van der Waals surface area contributed by atoms with E-state index in [-0.39, 0.29) is 17.9 Å². The molecule has 17 heavy (non-hydrogen) atoms. The van der Waals surface area contributed by atoms with Gasteiger partial charge < -0.3 is 10.6 Å². The van der Waals surface area contributed by atoms with Crippen molar-refractivity contribution in [2.45, 2.75) is 39.7 Å². The van der Waals surface area contributed by atoms with Crippen LogP contribution in [0.25, 0.3) is 0 Å². The van der Waals surface area contributed by atoms with Gasteiger partial charge in [0.25, 0.3) is 0 Å². The van der Waals surface area contributed by atoms with Crippen molar-refractivity contribution in [1.29, 1.82) is 0 Å². The van der Waals surface area contributed by atoms with Crippen LogP contribution < -0.4 is 10.6 Å². The van der Waals surface area contributed by atoms with Crippen LogP contribution >= 0.6 is 21.6 Å². The maximum absolute atomic E-state index is 11.3. The van der Waals surface area contributed by atoms with Crippen molar-refractivity contribution in [1.82, 2.24) is 10.6 Å². The van der Waals surface area contributed by atoms with E-state index >= 15 is 0 Å². The Morgan fingerprint density at radius 2 is 1.88 bits per heavy atom. The first-order chi connectivity index (χ1) is 8.06. The number of hydrogen-bond acceptors (Lipinski definition) is 4. The van der Waals surface area contributed by atoms with E-state index in [1.54, 1.807) is 21.6 Å². The van der Waals surface area contributed by atoms with Crippen molar-refractivity contribution < 1.29 is 9.59 Å². The number of carbonyl (C=O) groups excluding carboxylic acids is 2. The maximum atomic E-state index is 11.3. The Labute approximate surface area is 111 Å². The topological polar surface area (TPSA) is 58.2 Å². The van der Waals surface area contributed by atoms with E-state index in [1.807, 2.05) is 20.8 Å². The Kier molecular flexibility index (Phi) is 10.5. The summed E-state index contributed by atoms with van der Waals surface area (Å²) < 4.78 is 0. The largest absolute Gasteiger partial charge is 0.356 e. The fourth-order valence-corrected chi connectivity index (χ4v) is 3.03. The Balaban J connectivity index is 3.29. The normalized spacial score (nSPS) is 10.4. The maximum Gasteiger partial charge on any atom is 0.231 e. The summed E-state index contributed by atoms with van der Waals surface area (Å²) in [5.74, 6) is 1.55. The molecule has 0 saturated carbocycles. The second-order valence-electron chi connectivity index (χ2n) is 3.86. The zero-order chi connectivity index (χ0) is 13.1. The molecule has 0 aliphatic carbocycles. The lowest BCUT2D eigenvalue weighted by Gasteiger charge is -2.07. The molecule has 0 aromatic heterocycles. The minimum atomic E-state index is 0.0706. The first-order valence-corrected chi connectivity index (χ1v) is 8.35. The summed E-state index contributed by atoms with van der Waals surface area (Å²) in [5.41, 5.74) is 0. The fraction of sp³-hybridized carbons (Fsp3) is 0.818. The summed E-state index contributed by atoms with van der Waals surface area (Å²) in [5, 5.41) is 5.59. The number of rotatable bonds is 9. The highest BCUT2D eigenvalue weighted by atomic mass is 33.1. The lowest BCUT2D eigenvalue weighted by Crippen LogP contribution is -2.31. The Morgan fingerprint density at radius 1 is 1.18 bits per heavy atom. The first-order valence-electron chi connectivity index (χ1n) is 5.86. The van der Waals surface area contributed by atoms with Crippen LogP contribution in [0, 0.1) is 0 Å². The van der Waals surface area contributed by atoms with Crippen molar-refractivity contribution >= 4 is 33.4 Å². The molecular formula is C11H22N2O2S2. The summed E-state index contributed by atoms with van der Waals surface area (Å²) in [4.78, 5) is 22.4. The van der Waals surface area contributed by atoms with Gasteiger partial charge in [0.1, 0.15) is 0 Å². The van der Waals surface area contributed by atoms with Crippen LogP contribution in [0.3, 0.4) is 0 Å². The minimum Gasteiger partial charge on any atom is -0.356 e. The van der Waals surface area contributed by atoms with Crippen LogP contribution in [0.2, 0.25) is 0 Å². The van der Waals surface area contributed by atoms with Crippen LogP contribution in [0.5, 0.6) is 0 Å². The third-order valence-corrected chi connectivity index (χ3v) is 4.08. The lowest BCUT2D eigenvalue weighted by atomic mass is 10.3. The molecule has 0 atom stereocenters. The molecule has 0 heterocycles. The summed E-state index contributed by atoms with van der Waals surface area (Å²) >= 11 is 0. The molecule has 0 spiro atoms. The number of hydrogen-bond donors (Lipinski definition) is 2. The van der Waals surface area contributed by atoms with Gasteiger partial charge in [0.15, 0.2) is 0 Å². The fourth-order valence-electron chi connectivity index (χ4n) is 1.09. The van der Waals surface area contributed by atoms with Gasteiger partial charge >= 0.3 is 0 Å². The molecular weight excluding hydrogens is 256 g/mol. The van der Waals surface area contributed by atoms with Crippen molar-refractivity contribution in [3.05, 3.63) is 0 Å². The number of nitrogens with one attached hydrogen (secondary N) is 2. The molecule has 2 amide bonds. The van der Waals surface area contributed by atoms with E-state index in [0.717, 1.165) is 12.2 Å². The highest BCUT2D eigenvalue weighted by Crippen LogP contribution is 2.21. The summed E-state index contributed by atoms with van der Waals surface area (Å²) in [7, 11) is 3.19. The van der Waals surface area contributed by atoms with Crippen molar-refractivity contribution in [3.8, 4) is 0 Å². The van der Waals surface area contributed by atoms with Crippen LogP contribution in [0.4, 0.5) is 0 Å².